The number of piperazine rings is 1. The highest BCUT2D eigenvalue weighted by molar-refractivity contribution is 5.94. The first-order valence-electron chi connectivity index (χ1n) is 6.96. The van der Waals surface area contributed by atoms with Crippen molar-refractivity contribution in [3.05, 3.63) is 53.9 Å². The molecule has 1 saturated heterocycles. The number of nitrogens with zero attached hydrogens (tertiary/aromatic N) is 3. The largest absolute Gasteiger partial charge is 0.336 e. The van der Waals surface area contributed by atoms with Crippen LogP contribution in [-0.2, 0) is 0 Å². The van der Waals surface area contributed by atoms with Crippen molar-refractivity contribution in [2.45, 2.75) is 0 Å². The van der Waals surface area contributed by atoms with Gasteiger partial charge in [0.05, 0.1) is 5.56 Å². The van der Waals surface area contributed by atoms with Gasteiger partial charge in [0.15, 0.2) is 0 Å². The minimum absolute atomic E-state index is 0. The Kier molecular flexibility index (Phi) is 7.11. The van der Waals surface area contributed by atoms with E-state index in [0.29, 0.717) is 11.1 Å². The van der Waals surface area contributed by atoms with Crippen LogP contribution >= 0.6 is 24.8 Å². The maximum atomic E-state index is 12.5. The van der Waals surface area contributed by atoms with Gasteiger partial charge in [0.25, 0.3) is 5.91 Å². The lowest BCUT2D eigenvalue weighted by Gasteiger charge is -2.27. The summed E-state index contributed by atoms with van der Waals surface area (Å²) in [6.45, 7) is 3.17. The minimum atomic E-state index is 0. The molecule has 2 aromatic rings. The predicted octanol–water partition coefficient (Wildman–Crippen LogP) is 2.24. The summed E-state index contributed by atoms with van der Waals surface area (Å²) in [5, 5.41) is 12.1. The van der Waals surface area contributed by atoms with E-state index in [1.54, 1.807) is 12.3 Å². The maximum Gasteiger partial charge on any atom is 0.254 e. The quantitative estimate of drug-likeness (QED) is 0.901. The van der Waals surface area contributed by atoms with Gasteiger partial charge in [-0.1, -0.05) is 6.07 Å². The Hall–Kier alpha value is -2.00. The van der Waals surface area contributed by atoms with Gasteiger partial charge in [0.1, 0.15) is 6.07 Å². The van der Waals surface area contributed by atoms with Crippen molar-refractivity contribution in [1.82, 2.24) is 14.8 Å². The summed E-state index contributed by atoms with van der Waals surface area (Å²) in [7, 11) is 0. The molecule has 1 aromatic carbocycles. The lowest BCUT2D eigenvalue weighted by Crippen LogP contribution is -2.46. The average Bonchev–Trinajstić information content (AvgIpc) is 3.04. The number of halogens is 2. The van der Waals surface area contributed by atoms with Crippen LogP contribution in [0.1, 0.15) is 15.9 Å². The smallest absolute Gasteiger partial charge is 0.254 e. The molecule has 0 atom stereocenters. The van der Waals surface area contributed by atoms with E-state index in [2.05, 4.69) is 11.4 Å². The van der Waals surface area contributed by atoms with Crippen LogP contribution < -0.4 is 5.32 Å². The molecule has 7 heteroatoms. The standard InChI is InChI=1S/C16H16N4O.2ClH/c17-11-13-4-7-20(12-13)15-3-1-2-14(10-15)16(21)19-8-5-18-6-9-19;;/h1-4,7,10,12,18H,5-6,8-9H2;2*1H. The number of benzene rings is 1. The van der Waals surface area contributed by atoms with E-state index >= 15 is 0 Å². The van der Waals surface area contributed by atoms with Gasteiger partial charge in [-0.15, -0.1) is 24.8 Å². The van der Waals surface area contributed by atoms with Crippen LogP contribution in [0.5, 0.6) is 0 Å². The molecular formula is C16H18Cl2N4O. The van der Waals surface area contributed by atoms with Crippen molar-refractivity contribution in [2.24, 2.45) is 0 Å². The van der Waals surface area contributed by atoms with Crippen molar-refractivity contribution in [1.29, 1.82) is 5.26 Å². The van der Waals surface area contributed by atoms with Gasteiger partial charge in [0.2, 0.25) is 0 Å². The fourth-order valence-corrected chi connectivity index (χ4v) is 2.47. The Morgan fingerprint density at radius 2 is 1.91 bits per heavy atom. The van der Waals surface area contributed by atoms with Crippen LogP contribution in [-0.4, -0.2) is 41.6 Å². The van der Waals surface area contributed by atoms with E-state index in [4.69, 9.17) is 5.26 Å². The summed E-state index contributed by atoms with van der Waals surface area (Å²) in [6, 6.07) is 11.4. The molecule has 0 radical (unpaired) electrons. The summed E-state index contributed by atoms with van der Waals surface area (Å²) in [6.07, 6.45) is 3.58. The topological polar surface area (TPSA) is 61.1 Å². The van der Waals surface area contributed by atoms with Crippen molar-refractivity contribution in [3.63, 3.8) is 0 Å². The van der Waals surface area contributed by atoms with Crippen LogP contribution in [0.2, 0.25) is 0 Å². The average molecular weight is 353 g/mol. The second-order valence-corrected chi connectivity index (χ2v) is 5.01. The Bertz CT molecular complexity index is 702. The fraction of sp³-hybridized carbons (Fsp3) is 0.250. The molecule has 23 heavy (non-hydrogen) atoms. The Morgan fingerprint density at radius 3 is 2.57 bits per heavy atom. The number of hydrogen-bond acceptors (Lipinski definition) is 3. The molecule has 1 fully saturated rings. The first-order chi connectivity index (χ1) is 10.3. The Morgan fingerprint density at radius 1 is 1.17 bits per heavy atom. The molecule has 1 aliphatic rings. The van der Waals surface area contributed by atoms with Crippen molar-refractivity contribution >= 4 is 30.7 Å². The van der Waals surface area contributed by atoms with Gasteiger partial charge in [-0.2, -0.15) is 5.26 Å². The molecular weight excluding hydrogens is 335 g/mol. The van der Waals surface area contributed by atoms with Gasteiger partial charge >= 0.3 is 0 Å². The minimum Gasteiger partial charge on any atom is -0.336 e. The monoisotopic (exact) mass is 352 g/mol. The van der Waals surface area contributed by atoms with Crippen LogP contribution in [0.4, 0.5) is 0 Å². The van der Waals surface area contributed by atoms with E-state index in [1.165, 1.54) is 0 Å². The third kappa shape index (κ3) is 4.26. The van der Waals surface area contributed by atoms with E-state index in [-0.39, 0.29) is 30.7 Å². The Labute approximate surface area is 147 Å². The number of carbonyl (C=O) groups excluding carboxylic acids is 1. The van der Waals surface area contributed by atoms with Gasteiger partial charge in [-0.05, 0) is 24.3 Å². The highest BCUT2D eigenvalue weighted by atomic mass is 35.5. The first-order valence-corrected chi connectivity index (χ1v) is 6.96. The normalized spacial score (nSPS) is 13.4. The number of carbonyl (C=O) groups is 1. The molecule has 2 heterocycles. The number of aromatic nitrogens is 1. The molecule has 0 bridgehead atoms. The van der Waals surface area contributed by atoms with Crippen molar-refractivity contribution < 1.29 is 4.79 Å². The number of hydrogen-bond donors (Lipinski definition) is 1. The zero-order valence-electron chi connectivity index (χ0n) is 12.4. The van der Waals surface area contributed by atoms with E-state index in [9.17, 15) is 4.79 Å². The summed E-state index contributed by atoms with van der Waals surface area (Å²) in [5.41, 5.74) is 2.17. The van der Waals surface area contributed by atoms with E-state index < -0.39 is 0 Å². The summed E-state index contributed by atoms with van der Waals surface area (Å²) in [5.74, 6) is 0.0611. The molecule has 1 aromatic heterocycles. The van der Waals surface area contributed by atoms with Gasteiger partial charge in [-0.25, -0.2) is 0 Å². The SMILES string of the molecule is Cl.Cl.N#Cc1ccn(-c2cccc(C(=O)N3CCNCC3)c2)c1. The number of nitrogens with one attached hydrogen (secondary N) is 1. The van der Waals surface area contributed by atoms with Crippen LogP contribution in [0.3, 0.4) is 0 Å². The summed E-state index contributed by atoms with van der Waals surface area (Å²) in [4.78, 5) is 14.3. The molecule has 1 N–H and O–H groups in total. The zero-order valence-corrected chi connectivity index (χ0v) is 14.1. The molecule has 0 spiro atoms. The van der Waals surface area contributed by atoms with Crippen LogP contribution in [0.25, 0.3) is 5.69 Å². The van der Waals surface area contributed by atoms with E-state index in [1.807, 2.05) is 39.9 Å². The lowest BCUT2D eigenvalue weighted by molar-refractivity contribution is 0.0736. The second kappa shape index (κ2) is 8.59. The summed E-state index contributed by atoms with van der Waals surface area (Å²) < 4.78 is 1.85. The lowest BCUT2D eigenvalue weighted by atomic mass is 10.1. The summed E-state index contributed by atoms with van der Waals surface area (Å²) >= 11 is 0. The van der Waals surface area contributed by atoms with Crippen LogP contribution in [0.15, 0.2) is 42.7 Å². The zero-order chi connectivity index (χ0) is 14.7. The molecule has 0 saturated carbocycles. The van der Waals surface area contributed by atoms with E-state index in [0.717, 1.165) is 31.9 Å². The van der Waals surface area contributed by atoms with Crippen LogP contribution in [0, 0.1) is 11.3 Å². The number of rotatable bonds is 2. The molecule has 0 unspecified atom stereocenters. The third-order valence-corrected chi connectivity index (χ3v) is 3.62. The highest BCUT2D eigenvalue weighted by Gasteiger charge is 2.18. The molecule has 5 nitrogen and oxygen atoms in total. The molecule has 122 valence electrons. The fourth-order valence-electron chi connectivity index (χ4n) is 2.47. The Balaban J connectivity index is 0.00000132. The van der Waals surface area contributed by atoms with Crippen molar-refractivity contribution in [3.8, 4) is 11.8 Å². The number of amides is 1. The predicted molar refractivity (Wildman–Crippen MR) is 93.8 cm³/mol. The first kappa shape index (κ1) is 19.0. The van der Waals surface area contributed by atoms with Crippen molar-refractivity contribution in [2.75, 3.05) is 26.2 Å². The third-order valence-electron chi connectivity index (χ3n) is 3.62. The molecule has 1 aliphatic heterocycles. The number of nitriles is 1. The molecule has 0 aliphatic carbocycles. The van der Waals surface area contributed by atoms with Gasteiger partial charge in [0, 0.05) is 49.8 Å². The van der Waals surface area contributed by atoms with Gasteiger partial charge < -0.3 is 14.8 Å². The molecule has 1 amide bonds. The second-order valence-electron chi connectivity index (χ2n) is 5.01. The highest BCUT2D eigenvalue weighted by Crippen LogP contribution is 2.14. The molecule has 3 rings (SSSR count). The maximum absolute atomic E-state index is 12.5. The van der Waals surface area contributed by atoms with Gasteiger partial charge in [-0.3, -0.25) is 4.79 Å².